The molecule has 0 radical (unpaired) electrons. The van der Waals surface area contributed by atoms with Gasteiger partial charge in [-0.25, -0.2) is 0 Å². The van der Waals surface area contributed by atoms with E-state index in [2.05, 4.69) is 13.2 Å². The second-order valence-corrected chi connectivity index (χ2v) is 4.05. The molecule has 8 heavy (non-hydrogen) atoms. The minimum Gasteiger partial charge on any atom is -1.00 e. The van der Waals surface area contributed by atoms with Gasteiger partial charge in [0.05, 0.1) is 12.9 Å². The van der Waals surface area contributed by atoms with Crippen molar-refractivity contribution in [3.05, 3.63) is 0 Å². The predicted octanol–water partition coefficient (Wildman–Crippen LogP) is -2.75. The molecule has 1 N–H and O–H groups in total. The van der Waals surface area contributed by atoms with Crippen molar-refractivity contribution in [1.29, 1.82) is 0 Å². The number of halogens is 1. The lowest BCUT2D eigenvalue weighted by Crippen LogP contribution is -3.00. The maximum atomic E-state index is 8.37. The molecule has 0 saturated carbocycles. The van der Waals surface area contributed by atoms with Gasteiger partial charge in [-0.05, 0) is 17.8 Å². The molecule has 0 heterocycles. The van der Waals surface area contributed by atoms with Crippen LogP contribution in [0.15, 0.2) is 0 Å². The average molecular weight is 248 g/mol. The SMILES string of the molecule is CC[S+](C)CCO.[I-]. The van der Waals surface area contributed by atoms with Crippen molar-refractivity contribution in [2.75, 3.05) is 24.4 Å². The number of rotatable bonds is 3. The largest absolute Gasteiger partial charge is 1.00 e. The van der Waals surface area contributed by atoms with Gasteiger partial charge in [-0.15, -0.1) is 0 Å². The van der Waals surface area contributed by atoms with E-state index in [0.29, 0.717) is 17.5 Å². The predicted molar refractivity (Wildman–Crippen MR) is 35.8 cm³/mol. The summed E-state index contributed by atoms with van der Waals surface area (Å²) in [6.07, 6.45) is 2.18. The minimum atomic E-state index is 0. The fourth-order valence-corrected chi connectivity index (χ4v) is 0.901. The second kappa shape index (κ2) is 8.04. The molecule has 0 aliphatic rings. The molecule has 1 nitrogen and oxygen atoms in total. The molecular weight excluding hydrogens is 235 g/mol. The highest BCUT2D eigenvalue weighted by Crippen LogP contribution is 1.86. The van der Waals surface area contributed by atoms with Crippen LogP contribution in [-0.2, 0) is 10.9 Å². The Balaban J connectivity index is 0. The molecule has 3 heteroatoms. The molecule has 1 unspecified atom stereocenters. The van der Waals surface area contributed by atoms with E-state index in [9.17, 15) is 0 Å². The summed E-state index contributed by atoms with van der Waals surface area (Å²) >= 11 is 0. The molecule has 0 aliphatic heterocycles. The highest BCUT2D eigenvalue weighted by Gasteiger charge is 2.02. The summed E-state index contributed by atoms with van der Waals surface area (Å²) in [4.78, 5) is 0. The fourth-order valence-electron chi connectivity index (χ4n) is 0.300. The summed E-state index contributed by atoms with van der Waals surface area (Å²) in [7, 11) is 0.473. The van der Waals surface area contributed by atoms with Gasteiger partial charge >= 0.3 is 0 Å². The standard InChI is InChI=1S/C5H13OS.HI/c1-3-7(2)5-4-6;/h6H,3-5H2,1-2H3;1H/q+1;/p-1. The normalized spacial score (nSPS) is 12.4. The molecule has 0 aromatic rings. The number of hydrogen-bond donors (Lipinski definition) is 1. The van der Waals surface area contributed by atoms with Gasteiger partial charge in [-0.3, -0.25) is 0 Å². The Hall–Kier alpha value is 1.04. The highest BCUT2D eigenvalue weighted by molar-refractivity contribution is 7.96. The summed E-state index contributed by atoms with van der Waals surface area (Å²) in [5, 5.41) is 8.37. The summed E-state index contributed by atoms with van der Waals surface area (Å²) in [6.45, 7) is 2.51. The lowest BCUT2D eigenvalue weighted by molar-refractivity contribution is -0.00000277. The Morgan fingerprint density at radius 1 is 1.50 bits per heavy atom. The quantitative estimate of drug-likeness (QED) is 0.424. The van der Waals surface area contributed by atoms with Crippen LogP contribution in [0.4, 0.5) is 0 Å². The zero-order chi connectivity index (χ0) is 5.70. The third-order valence-electron chi connectivity index (χ3n) is 0.933. The fraction of sp³-hybridized carbons (Fsp3) is 1.00. The first kappa shape index (κ1) is 11.8. The van der Waals surface area contributed by atoms with Crippen molar-refractivity contribution in [1.82, 2.24) is 0 Å². The molecule has 0 aliphatic carbocycles. The molecule has 0 aromatic carbocycles. The Labute approximate surface area is 71.2 Å². The van der Waals surface area contributed by atoms with E-state index < -0.39 is 0 Å². The van der Waals surface area contributed by atoms with Crippen molar-refractivity contribution < 1.29 is 29.1 Å². The summed E-state index contributed by atoms with van der Waals surface area (Å²) in [6, 6.07) is 0. The minimum absolute atomic E-state index is 0. The number of aliphatic hydroxyl groups is 1. The monoisotopic (exact) mass is 248 g/mol. The van der Waals surface area contributed by atoms with Crippen LogP contribution in [0.3, 0.4) is 0 Å². The molecule has 0 fully saturated rings. The molecule has 1 atom stereocenters. The molecule has 0 saturated heterocycles. The molecule has 0 bridgehead atoms. The van der Waals surface area contributed by atoms with Gasteiger partial charge in [0.1, 0.15) is 11.5 Å². The Morgan fingerprint density at radius 3 is 2.12 bits per heavy atom. The van der Waals surface area contributed by atoms with Gasteiger partial charge in [-0.2, -0.15) is 0 Å². The molecule has 0 aromatic heterocycles. The van der Waals surface area contributed by atoms with E-state index >= 15 is 0 Å². The second-order valence-electron chi connectivity index (χ2n) is 1.50. The van der Waals surface area contributed by atoms with Crippen LogP contribution in [-0.4, -0.2) is 29.5 Å². The van der Waals surface area contributed by atoms with Crippen molar-refractivity contribution in [3.8, 4) is 0 Å². The van der Waals surface area contributed by atoms with E-state index in [0.717, 1.165) is 5.75 Å². The third-order valence-corrected chi connectivity index (χ3v) is 2.80. The first-order chi connectivity index (χ1) is 3.31. The van der Waals surface area contributed by atoms with Crippen LogP contribution < -0.4 is 24.0 Å². The lowest BCUT2D eigenvalue weighted by atomic mass is 10.9. The maximum absolute atomic E-state index is 8.37. The first-order valence-electron chi connectivity index (χ1n) is 2.51. The van der Waals surface area contributed by atoms with Gasteiger partial charge in [-0.1, -0.05) is 0 Å². The average Bonchev–Trinajstić information content (AvgIpc) is 1.68. The van der Waals surface area contributed by atoms with Gasteiger partial charge < -0.3 is 29.1 Å². The van der Waals surface area contributed by atoms with Gasteiger partial charge in [0, 0.05) is 0 Å². The number of aliphatic hydroxyl groups excluding tert-OH is 1. The van der Waals surface area contributed by atoms with Crippen LogP contribution in [0.1, 0.15) is 6.92 Å². The van der Waals surface area contributed by atoms with Crippen LogP contribution in [0.5, 0.6) is 0 Å². The van der Waals surface area contributed by atoms with E-state index in [1.165, 1.54) is 5.75 Å². The van der Waals surface area contributed by atoms with Crippen LogP contribution in [0.2, 0.25) is 0 Å². The maximum Gasteiger partial charge on any atom is 0.130 e. The highest BCUT2D eigenvalue weighted by atomic mass is 127. The number of hydrogen-bond acceptors (Lipinski definition) is 1. The van der Waals surface area contributed by atoms with Crippen molar-refractivity contribution in [2.24, 2.45) is 0 Å². The molecule has 0 amide bonds. The van der Waals surface area contributed by atoms with Gasteiger partial charge in [0.25, 0.3) is 0 Å². The summed E-state index contributed by atoms with van der Waals surface area (Å²) in [5.74, 6) is 2.19. The van der Waals surface area contributed by atoms with Gasteiger partial charge in [0.15, 0.2) is 0 Å². The molecule has 52 valence electrons. The van der Waals surface area contributed by atoms with Crippen LogP contribution in [0, 0.1) is 0 Å². The zero-order valence-corrected chi connectivity index (χ0v) is 8.33. The molecule has 0 spiro atoms. The third kappa shape index (κ3) is 7.04. The lowest BCUT2D eigenvalue weighted by Gasteiger charge is -1.93. The van der Waals surface area contributed by atoms with E-state index in [4.69, 9.17) is 5.11 Å². The summed E-state index contributed by atoms with van der Waals surface area (Å²) in [5.41, 5.74) is 0. The van der Waals surface area contributed by atoms with E-state index in [1.807, 2.05) is 0 Å². The smallest absolute Gasteiger partial charge is 0.130 e. The topological polar surface area (TPSA) is 20.2 Å². The van der Waals surface area contributed by atoms with Crippen molar-refractivity contribution in [2.45, 2.75) is 6.92 Å². The first-order valence-corrected chi connectivity index (χ1v) is 4.48. The van der Waals surface area contributed by atoms with E-state index in [-0.39, 0.29) is 24.0 Å². The summed E-state index contributed by atoms with van der Waals surface area (Å²) < 4.78 is 0. The molecular formula is C5H13IOS. The Bertz CT molecular complexity index is 43.4. The van der Waals surface area contributed by atoms with E-state index in [1.54, 1.807) is 0 Å². The van der Waals surface area contributed by atoms with Crippen LogP contribution >= 0.6 is 0 Å². The van der Waals surface area contributed by atoms with Crippen LogP contribution in [0.25, 0.3) is 0 Å². The Morgan fingerprint density at radius 2 is 2.00 bits per heavy atom. The molecule has 0 rings (SSSR count). The Kier molecular flexibility index (Phi) is 11.8. The zero-order valence-electron chi connectivity index (χ0n) is 5.35. The van der Waals surface area contributed by atoms with Gasteiger partial charge in [0.2, 0.25) is 0 Å². The van der Waals surface area contributed by atoms with Crippen molar-refractivity contribution in [3.63, 3.8) is 0 Å². The van der Waals surface area contributed by atoms with Crippen molar-refractivity contribution >= 4 is 10.9 Å².